The Kier molecular flexibility index (Phi) is 48.1. The molecule has 2 rings (SSSR count). The molecule has 79 heavy (non-hydrogen) atoms. The van der Waals surface area contributed by atoms with Gasteiger partial charge in [0.05, 0.1) is 26.4 Å². The molecule has 0 aromatic heterocycles. The Morgan fingerprint density at radius 3 is 1.23 bits per heavy atom. The Bertz CT molecular complexity index is 1450. The average molecular weight is 1130 g/mol. The highest BCUT2D eigenvalue weighted by Gasteiger charge is 2.47. The van der Waals surface area contributed by atoms with Gasteiger partial charge >= 0.3 is 5.97 Å². The fourth-order valence-corrected chi connectivity index (χ4v) is 10.4. The molecule has 0 radical (unpaired) electrons. The Morgan fingerprint density at radius 2 is 0.785 bits per heavy atom. The number of rotatable bonds is 54. The molecule has 0 saturated carbocycles. The highest BCUT2D eigenvalue weighted by Crippen LogP contribution is 2.27. The van der Waals surface area contributed by atoms with Crippen molar-refractivity contribution in [3.8, 4) is 0 Å². The normalized spacial score (nSPS) is 24.2. The van der Waals surface area contributed by atoms with Crippen molar-refractivity contribution >= 4 is 5.97 Å². The molecule has 2 heterocycles. The molecule has 0 aliphatic carbocycles. The van der Waals surface area contributed by atoms with Gasteiger partial charge in [0.15, 0.2) is 12.6 Å². The zero-order valence-electron chi connectivity index (χ0n) is 50.1. The van der Waals surface area contributed by atoms with Gasteiger partial charge in [0.25, 0.3) is 0 Å². The summed E-state index contributed by atoms with van der Waals surface area (Å²) in [4.78, 5) is 13.1. The number of aliphatic hydroxyl groups excluding tert-OH is 7. The van der Waals surface area contributed by atoms with Crippen molar-refractivity contribution in [1.82, 2.24) is 0 Å². The lowest BCUT2D eigenvalue weighted by atomic mass is 9.98. The minimum atomic E-state index is -1.71. The van der Waals surface area contributed by atoms with E-state index in [0.29, 0.717) is 13.0 Å². The molecule has 2 aliphatic rings. The van der Waals surface area contributed by atoms with Gasteiger partial charge in [-0.3, -0.25) is 4.79 Å². The van der Waals surface area contributed by atoms with Crippen LogP contribution >= 0.6 is 0 Å². The third-order valence-electron chi connectivity index (χ3n) is 15.7. The second-order valence-electron chi connectivity index (χ2n) is 22.9. The number of hydrogen-bond donors (Lipinski definition) is 7. The van der Waals surface area contributed by atoms with Gasteiger partial charge in [0.2, 0.25) is 0 Å². The number of esters is 1. The molecule has 0 bridgehead atoms. The second-order valence-corrected chi connectivity index (χ2v) is 22.9. The minimum Gasteiger partial charge on any atom is -0.457 e. The van der Waals surface area contributed by atoms with Crippen molar-refractivity contribution < 1.29 is 69.0 Å². The fraction of sp³-hybridized carbons (Fsp3) is 0.892. The van der Waals surface area contributed by atoms with Crippen LogP contribution in [0.1, 0.15) is 271 Å². The summed E-state index contributed by atoms with van der Waals surface area (Å²) in [5, 5.41) is 72.5. The maximum absolute atomic E-state index is 13.1. The van der Waals surface area contributed by atoms with E-state index in [1.54, 1.807) is 0 Å². The Balaban J connectivity index is 1.66. The zero-order valence-corrected chi connectivity index (χ0v) is 50.1. The van der Waals surface area contributed by atoms with Gasteiger partial charge in [-0.1, -0.05) is 249 Å². The summed E-state index contributed by atoms with van der Waals surface area (Å²) in [7, 11) is 0. The monoisotopic (exact) mass is 1120 g/mol. The Labute approximate surface area is 480 Å². The molecular weight excluding hydrogens is 1000 g/mol. The van der Waals surface area contributed by atoms with Crippen LogP contribution in [0.15, 0.2) is 36.5 Å². The third kappa shape index (κ3) is 37.9. The van der Waals surface area contributed by atoms with Gasteiger partial charge in [-0.05, 0) is 51.4 Å². The molecule has 0 aromatic rings. The van der Waals surface area contributed by atoms with Gasteiger partial charge < -0.3 is 64.2 Å². The summed E-state index contributed by atoms with van der Waals surface area (Å²) in [6.45, 7) is 3.73. The molecule has 14 nitrogen and oxygen atoms in total. The van der Waals surface area contributed by atoms with Crippen LogP contribution in [-0.2, 0) is 33.2 Å². The number of carbonyl (C=O) groups is 1. The fourth-order valence-electron chi connectivity index (χ4n) is 10.4. The quantitative estimate of drug-likeness (QED) is 0.0172. The number of aliphatic hydroxyl groups is 7. The summed E-state index contributed by atoms with van der Waals surface area (Å²) in [5.74, 6) is -0.371. The van der Waals surface area contributed by atoms with Crippen LogP contribution in [0.4, 0.5) is 0 Å². The lowest BCUT2D eigenvalue weighted by Gasteiger charge is -2.42. The summed E-state index contributed by atoms with van der Waals surface area (Å²) in [5.41, 5.74) is 0. The van der Waals surface area contributed by atoms with Gasteiger partial charge in [-0.25, -0.2) is 0 Å². The number of ether oxygens (including phenoxy) is 6. The van der Waals surface area contributed by atoms with Crippen molar-refractivity contribution in [2.75, 3.05) is 33.0 Å². The van der Waals surface area contributed by atoms with Crippen molar-refractivity contribution in [2.24, 2.45) is 0 Å². The third-order valence-corrected chi connectivity index (χ3v) is 15.7. The van der Waals surface area contributed by atoms with E-state index < -0.39 is 80.7 Å². The van der Waals surface area contributed by atoms with Crippen molar-refractivity contribution in [3.63, 3.8) is 0 Å². The first-order valence-electron chi connectivity index (χ1n) is 32.6. The first kappa shape index (κ1) is 73.3. The molecule has 0 amide bonds. The van der Waals surface area contributed by atoms with Crippen molar-refractivity contribution in [2.45, 2.75) is 338 Å². The minimum absolute atomic E-state index is 0.0631. The number of unbranched alkanes of at least 4 members (excludes halogenated alkanes) is 34. The van der Waals surface area contributed by atoms with Crippen molar-refractivity contribution in [1.29, 1.82) is 0 Å². The average Bonchev–Trinajstić information content (AvgIpc) is 3.46. The van der Waals surface area contributed by atoms with E-state index in [1.807, 2.05) is 0 Å². The molecular formula is C65H120O14. The summed E-state index contributed by atoms with van der Waals surface area (Å²) < 4.78 is 34.5. The predicted molar refractivity (Wildman–Crippen MR) is 316 cm³/mol. The van der Waals surface area contributed by atoms with Gasteiger partial charge in [0, 0.05) is 13.0 Å². The smallest absolute Gasteiger partial charge is 0.306 e. The molecule has 464 valence electrons. The van der Waals surface area contributed by atoms with Crippen LogP contribution in [0.3, 0.4) is 0 Å². The van der Waals surface area contributed by atoms with E-state index >= 15 is 0 Å². The van der Waals surface area contributed by atoms with E-state index in [9.17, 15) is 40.5 Å². The number of allylic oxidation sites excluding steroid dienone is 6. The maximum Gasteiger partial charge on any atom is 0.306 e. The highest BCUT2D eigenvalue weighted by molar-refractivity contribution is 5.69. The van der Waals surface area contributed by atoms with Crippen LogP contribution in [0.25, 0.3) is 0 Å². The summed E-state index contributed by atoms with van der Waals surface area (Å²) in [6.07, 6.45) is 46.4. The SMILES string of the molecule is CCCCCCC/C=C\C/C=C\C/C=C\CCCCCCCCCCCCCOCC(COC1OC(COC2OC(CO)C(O)C(O)C2O)C(O)C(O)C1O)OC(=O)CCCCCCCCCCCCCCCCCCCCC. The first-order chi connectivity index (χ1) is 38.6. The molecule has 14 heteroatoms. The number of hydrogen-bond acceptors (Lipinski definition) is 14. The summed E-state index contributed by atoms with van der Waals surface area (Å²) in [6, 6.07) is 0. The number of carbonyl (C=O) groups excluding carboxylic acids is 1. The molecule has 7 N–H and O–H groups in total. The first-order valence-corrected chi connectivity index (χ1v) is 32.6. The van der Waals surface area contributed by atoms with Crippen LogP contribution in [0.5, 0.6) is 0 Å². The van der Waals surface area contributed by atoms with Crippen LogP contribution in [-0.4, -0.2) is 142 Å². The zero-order chi connectivity index (χ0) is 57.2. The van der Waals surface area contributed by atoms with Crippen molar-refractivity contribution in [3.05, 3.63) is 36.5 Å². The van der Waals surface area contributed by atoms with Gasteiger partial charge in [0.1, 0.15) is 54.9 Å². The predicted octanol–water partition coefficient (Wildman–Crippen LogP) is 12.9. The van der Waals surface area contributed by atoms with E-state index in [1.165, 1.54) is 193 Å². The Hall–Kier alpha value is -1.79. The standard InChI is InChI=1S/C65H120O14/c1-3-5-7-9-11-13-15-17-19-21-23-24-25-26-27-28-29-31-33-35-37-39-41-43-45-47-49-74-51-54(77-57(67)48-46-44-42-40-38-36-34-32-30-22-20-18-16-14-12-10-8-6-4-2)52-75-64-63(73)61(71)59(69)56(79-64)53-76-65-62(72)60(70)58(68)55(50-66)78-65/h15,17,21,23,25-26,54-56,58-66,68-73H,3-14,16,18-20,22,24,27-53H2,1-2H3/b17-15-,23-21-,26-25-. The molecule has 0 spiro atoms. The molecule has 2 aliphatic heterocycles. The molecule has 11 atom stereocenters. The van der Waals surface area contributed by atoms with Gasteiger partial charge in [-0.2, -0.15) is 0 Å². The molecule has 2 saturated heterocycles. The molecule has 11 unspecified atom stereocenters. The lowest BCUT2D eigenvalue weighted by molar-refractivity contribution is -0.332. The topological polar surface area (TPSA) is 214 Å². The van der Waals surface area contributed by atoms with Crippen LogP contribution in [0, 0.1) is 0 Å². The molecule has 0 aromatic carbocycles. The summed E-state index contributed by atoms with van der Waals surface area (Å²) >= 11 is 0. The van der Waals surface area contributed by atoms with Gasteiger partial charge in [-0.15, -0.1) is 0 Å². The van der Waals surface area contributed by atoms with Crippen LogP contribution in [0.2, 0.25) is 0 Å². The maximum atomic E-state index is 13.1. The highest BCUT2D eigenvalue weighted by atomic mass is 16.7. The molecule has 2 fully saturated rings. The second kappa shape index (κ2) is 51.8. The van der Waals surface area contributed by atoms with E-state index in [-0.39, 0.29) is 25.6 Å². The largest absolute Gasteiger partial charge is 0.457 e. The van der Waals surface area contributed by atoms with Crippen LogP contribution < -0.4 is 0 Å². The van der Waals surface area contributed by atoms with E-state index in [4.69, 9.17) is 28.4 Å². The van der Waals surface area contributed by atoms with E-state index in [2.05, 4.69) is 50.3 Å². The lowest BCUT2D eigenvalue weighted by Crippen LogP contribution is -2.61. The Morgan fingerprint density at radius 1 is 0.418 bits per heavy atom. The van der Waals surface area contributed by atoms with E-state index in [0.717, 1.165) is 51.4 Å².